The Hall–Kier alpha value is -6.26. The highest BCUT2D eigenvalue weighted by Crippen LogP contribution is 2.48. The predicted octanol–water partition coefficient (Wildman–Crippen LogP) is 19.8. The van der Waals surface area contributed by atoms with E-state index in [4.69, 9.17) is 25.0 Å². The summed E-state index contributed by atoms with van der Waals surface area (Å²) in [6.45, 7) is 13.5. The Morgan fingerprint density at radius 3 is 1.84 bits per heavy atom. The van der Waals surface area contributed by atoms with Gasteiger partial charge in [0, 0.05) is 33.8 Å². The van der Waals surface area contributed by atoms with Crippen LogP contribution < -0.4 is 0 Å². The Labute approximate surface area is 461 Å². The zero-order chi connectivity index (χ0) is 66.4. The third-order valence-corrected chi connectivity index (χ3v) is 15.8. The fourth-order valence-electron chi connectivity index (χ4n) is 10.2. The van der Waals surface area contributed by atoms with Gasteiger partial charge >= 0.3 is 0 Å². The summed E-state index contributed by atoms with van der Waals surface area (Å²) in [6.07, 6.45) is 4.89. The first kappa shape index (κ1) is 35.8. The van der Waals surface area contributed by atoms with Gasteiger partial charge in [0.05, 0.1) is 33.5 Å². The molecule has 2 aromatic heterocycles. The molecule has 2 heterocycles. The zero-order valence-corrected chi connectivity index (χ0v) is 45.1. The summed E-state index contributed by atoms with van der Waals surface area (Å²) < 4.78 is 141. The molecule has 0 saturated carbocycles. The zero-order valence-electron chi connectivity index (χ0n) is 61.1. The number of para-hydroxylation sites is 1. The van der Waals surface area contributed by atoms with Crippen molar-refractivity contribution in [3.05, 3.63) is 166 Å². The molecule has 0 aliphatic heterocycles. The number of aryl methyl sites for hydroxylation is 1. The van der Waals surface area contributed by atoms with Gasteiger partial charge in [-0.3, -0.25) is 9.55 Å². The molecular formula is C69H83N3O. The SMILES string of the molecule is [2H]c1c([2H])c(C(C([2H])([2H])[2H])(C([2H])([2H])[2H])C([2H])([2H])[2H])c([2H])c([2H])c1-c1ccnc(-c2cc(-c3cccc4c3nc(-c3cc(C(C)C)cc(C(C)C)c3O)n4-c3ccc(-c4c(C(C)(CC)CC)cccc4C(C)(CC)CC)cc3C([2H])([2H])[2H])cc(C(C)(C)C)c2)c1. The lowest BCUT2D eigenvalue weighted by atomic mass is 9.68. The van der Waals surface area contributed by atoms with Crippen LogP contribution >= 0.6 is 0 Å². The van der Waals surface area contributed by atoms with E-state index in [0.717, 1.165) is 59.1 Å². The first-order valence-electron chi connectivity index (χ1n) is 34.0. The minimum Gasteiger partial charge on any atom is -0.507 e. The highest BCUT2D eigenvalue weighted by atomic mass is 16.3. The van der Waals surface area contributed by atoms with E-state index in [1.54, 1.807) is 6.07 Å². The summed E-state index contributed by atoms with van der Waals surface area (Å²) >= 11 is 0. The number of nitrogens with zero attached hydrogens (tertiary/aromatic N) is 3. The number of phenols is 1. The number of pyridine rings is 1. The van der Waals surface area contributed by atoms with Crippen LogP contribution in [-0.2, 0) is 21.7 Å². The number of phenolic OH excluding ortho intramolecular Hbond substituents is 1. The summed E-state index contributed by atoms with van der Waals surface area (Å²) in [6, 6.07) is 26.9. The fourth-order valence-corrected chi connectivity index (χ4v) is 10.2. The number of hydrogen-bond donors (Lipinski definition) is 1. The van der Waals surface area contributed by atoms with Crippen LogP contribution in [0.15, 0.2) is 127 Å². The van der Waals surface area contributed by atoms with E-state index in [0.29, 0.717) is 56.1 Å². The molecule has 6 aromatic carbocycles. The van der Waals surface area contributed by atoms with Gasteiger partial charge in [-0.25, -0.2) is 4.98 Å². The van der Waals surface area contributed by atoms with Gasteiger partial charge in [-0.05, 0) is 181 Å². The van der Waals surface area contributed by atoms with Crippen LogP contribution in [-0.4, -0.2) is 19.6 Å². The molecule has 0 amide bonds. The maximum Gasteiger partial charge on any atom is 0.149 e. The van der Waals surface area contributed by atoms with E-state index in [1.807, 2.05) is 106 Å². The minimum atomic E-state index is -3.84. The van der Waals surface area contributed by atoms with Gasteiger partial charge in [0.15, 0.2) is 0 Å². The molecule has 0 aliphatic carbocycles. The van der Waals surface area contributed by atoms with Crippen molar-refractivity contribution in [2.75, 3.05) is 0 Å². The molecule has 4 nitrogen and oxygen atoms in total. The van der Waals surface area contributed by atoms with Crippen molar-refractivity contribution in [2.45, 2.75) is 177 Å². The molecule has 0 bridgehead atoms. The van der Waals surface area contributed by atoms with Crippen LogP contribution in [0.4, 0.5) is 0 Å². The number of rotatable bonds is 14. The van der Waals surface area contributed by atoms with Crippen molar-refractivity contribution in [2.24, 2.45) is 0 Å². The van der Waals surface area contributed by atoms with Crippen LogP contribution in [0.2, 0.25) is 0 Å². The number of imidazole rings is 1. The van der Waals surface area contributed by atoms with Crippen LogP contribution in [0.5, 0.6) is 5.75 Å². The highest BCUT2D eigenvalue weighted by Gasteiger charge is 2.33. The number of hydrogen-bond acceptors (Lipinski definition) is 3. The van der Waals surface area contributed by atoms with E-state index in [1.165, 1.54) is 12.3 Å². The van der Waals surface area contributed by atoms with Crippen molar-refractivity contribution in [1.82, 2.24) is 14.5 Å². The van der Waals surface area contributed by atoms with Crippen molar-refractivity contribution in [1.29, 1.82) is 0 Å². The monoisotopic (exact) mass is 986 g/mol. The molecule has 8 aromatic rings. The molecule has 0 unspecified atom stereocenters. The summed E-state index contributed by atoms with van der Waals surface area (Å²) in [5.41, 5.74) is 4.58. The van der Waals surface area contributed by atoms with E-state index in [2.05, 4.69) is 73.6 Å². The first-order chi connectivity index (χ1) is 41.1. The van der Waals surface area contributed by atoms with Crippen molar-refractivity contribution in [3.8, 4) is 67.5 Å². The highest BCUT2D eigenvalue weighted by molar-refractivity contribution is 5.97. The molecule has 0 saturated heterocycles. The van der Waals surface area contributed by atoms with Gasteiger partial charge in [0.1, 0.15) is 11.6 Å². The Bertz CT molecular complexity index is 3900. The molecule has 0 fully saturated rings. The van der Waals surface area contributed by atoms with E-state index in [9.17, 15) is 12.0 Å². The summed E-state index contributed by atoms with van der Waals surface area (Å²) in [4.78, 5) is 10.3. The normalized spacial score (nSPS) is 16.6. The standard InChI is InChI=1S/C69H83N3O/c1-18-68(16,19-2)57-25-23-26-58(69(17,20-3)21-4)62(57)48-30-33-60(45(9)36-48)72-61-27-22-24-54(63(61)71-65(72)56-41-49(43(5)6)40-55(44(7)8)64(56)73)50-37-51(39-53(38-50)67(13,14)15)59-42-47(34-35-70-59)46-28-31-52(32-29-46)66(10,11)12/h22-44,73H,18-21H2,1-17H3/i9D3,10D3,11D3,12D3,28D,29D,31D,32D. The average molecular weight is 987 g/mol. The molecule has 0 aliphatic rings. The lowest BCUT2D eigenvalue weighted by Crippen LogP contribution is -2.25. The number of aromatic nitrogens is 3. The maximum atomic E-state index is 12.6. The fraction of sp³-hybridized carbons (Fsp3) is 0.391. The van der Waals surface area contributed by atoms with Gasteiger partial charge in [-0.1, -0.05) is 183 Å². The molecule has 380 valence electrons. The van der Waals surface area contributed by atoms with Crippen LogP contribution in [0.25, 0.3) is 72.7 Å². The molecule has 8 rings (SSSR count). The second kappa shape index (κ2) is 20.2. The van der Waals surface area contributed by atoms with E-state index in [-0.39, 0.29) is 45.1 Å². The second-order valence-corrected chi connectivity index (χ2v) is 22.2. The lowest BCUT2D eigenvalue weighted by Gasteiger charge is -2.36. The molecule has 0 radical (unpaired) electrons. The Morgan fingerprint density at radius 1 is 0.603 bits per heavy atom. The Morgan fingerprint density at radius 2 is 1.25 bits per heavy atom. The van der Waals surface area contributed by atoms with Crippen molar-refractivity contribution in [3.63, 3.8) is 0 Å². The summed E-state index contributed by atoms with van der Waals surface area (Å²) in [7, 11) is 0. The maximum absolute atomic E-state index is 12.6. The van der Waals surface area contributed by atoms with Gasteiger partial charge in [-0.2, -0.15) is 0 Å². The molecule has 73 heavy (non-hydrogen) atoms. The largest absolute Gasteiger partial charge is 0.507 e. The molecular weight excluding hydrogens is 887 g/mol. The molecule has 0 atom stereocenters. The lowest BCUT2D eigenvalue weighted by molar-refractivity contribution is 0.426. The third-order valence-electron chi connectivity index (χ3n) is 15.8. The van der Waals surface area contributed by atoms with Crippen LogP contribution in [0.3, 0.4) is 0 Å². The predicted molar refractivity (Wildman–Crippen MR) is 314 cm³/mol. The number of aromatic hydroxyl groups is 1. The average Bonchev–Trinajstić information content (AvgIpc) is 1.00. The van der Waals surface area contributed by atoms with Gasteiger partial charge < -0.3 is 5.11 Å². The quantitative estimate of drug-likeness (QED) is 0.118. The minimum absolute atomic E-state index is 0.0236. The van der Waals surface area contributed by atoms with Crippen LogP contribution in [0.1, 0.15) is 209 Å². The summed E-state index contributed by atoms with van der Waals surface area (Å²) in [5, 5.41) is 12.6. The number of fused-ring (bicyclic) bond motifs is 1. The Kier molecular flexibility index (Phi) is 9.92. The molecule has 1 N–H and O–H groups in total. The van der Waals surface area contributed by atoms with E-state index < -0.39 is 68.0 Å². The third kappa shape index (κ3) is 10.1. The van der Waals surface area contributed by atoms with Gasteiger partial charge in [0.25, 0.3) is 0 Å². The molecule has 0 spiro atoms. The van der Waals surface area contributed by atoms with E-state index >= 15 is 0 Å². The number of benzene rings is 6. The second-order valence-electron chi connectivity index (χ2n) is 22.2. The smallest absolute Gasteiger partial charge is 0.149 e. The topological polar surface area (TPSA) is 50.9 Å². The van der Waals surface area contributed by atoms with Crippen molar-refractivity contribution < 1.29 is 27.0 Å². The first-order valence-corrected chi connectivity index (χ1v) is 26.0. The van der Waals surface area contributed by atoms with Crippen molar-refractivity contribution >= 4 is 11.0 Å². The Balaban J connectivity index is 1.44. The molecule has 4 heteroatoms. The van der Waals surface area contributed by atoms with Gasteiger partial charge in [-0.15, -0.1) is 0 Å². The summed E-state index contributed by atoms with van der Waals surface area (Å²) in [5.74, 6) is 0.288. The van der Waals surface area contributed by atoms with Crippen LogP contribution in [0, 0.1) is 6.85 Å². The van der Waals surface area contributed by atoms with Gasteiger partial charge in [0.2, 0.25) is 0 Å².